The predicted octanol–water partition coefficient (Wildman–Crippen LogP) is 2.38. The molecule has 3 aromatic heterocycles. The number of hydrogen-bond acceptors (Lipinski definition) is 5. The molecule has 0 aliphatic carbocycles. The minimum absolute atomic E-state index is 0.214. The van der Waals surface area contributed by atoms with Crippen LogP contribution in [0.4, 0.5) is 0 Å². The topological polar surface area (TPSA) is 112 Å². The molecule has 8 nitrogen and oxygen atoms in total. The van der Waals surface area contributed by atoms with Crippen molar-refractivity contribution in [3.63, 3.8) is 0 Å². The highest BCUT2D eigenvalue weighted by Crippen LogP contribution is 2.20. The summed E-state index contributed by atoms with van der Waals surface area (Å²) in [5, 5.41) is 16.5. The quantitative estimate of drug-likeness (QED) is 0.519. The lowest BCUT2D eigenvalue weighted by atomic mass is 10.1. The van der Waals surface area contributed by atoms with E-state index in [1.54, 1.807) is 18.4 Å². The van der Waals surface area contributed by atoms with E-state index < -0.39 is 0 Å². The molecule has 0 bridgehead atoms. The summed E-state index contributed by atoms with van der Waals surface area (Å²) in [6, 6.07) is 13.1. The molecule has 25 heavy (non-hydrogen) atoms. The first kappa shape index (κ1) is 14.9. The molecule has 0 fully saturated rings. The number of nitrogens with zero attached hydrogens (tertiary/aromatic N) is 3. The van der Waals surface area contributed by atoms with E-state index in [2.05, 4.69) is 30.7 Å². The maximum absolute atomic E-state index is 12.5. The summed E-state index contributed by atoms with van der Waals surface area (Å²) in [4.78, 5) is 16.7. The van der Waals surface area contributed by atoms with Crippen molar-refractivity contribution in [1.29, 1.82) is 0 Å². The van der Waals surface area contributed by atoms with Gasteiger partial charge < -0.3 is 9.73 Å². The smallest absolute Gasteiger partial charge is 0.255 e. The van der Waals surface area contributed by atoms with Crippen molar-refractivity contribution in [2.45, 2.75) is 6.54 Å². The Bertz CT molecular complexity index is 972. The van der Waals surface area contributed by atoms with Crippen molar-refractivity contribution < 1.29 is 9.21 Å². The molecule has 0 radical (unpaired) electrons. The van der Waals surface area contributed by atoms with Gasteiger partial charge in [-0.25, -0.2) is 4.98 Å². The summed E-state index contributed by atoms with van der Waals surface area (Å²) in [6.07, 6.45) is 3.06. The van der Waals surface area contributed by atoms with Crippen LogP contribution < -0.4 is 5.32 Å². The molecule has 1 aromatic carbocycles. The third-order valence-electron chi connectivity index (χ3n) is 3.64. The molecule has 0 spiro atoms. The normalized spacial score (nSPS) is 10.7. The Morgan fingerprint density at radius 3 is 2.80 bits per heavy atom. The summed E-state index contributed by atoms with van der Waals surface area (Å²) in [7, 11) is 0. The van der Waals surface area contributed by atoms with Crippen LogP contribution in [0.15, 0.2) is 59.3 Å². The highest BCUT2D eigenvalue weighted by atomic mass is 16.3. The van der Waals surface area contributed by atoms with Gasteiger partial charge in [0.05, 0.1) is 30.3 Å². The van der Waals surface area contributed by atoms with Gasteiger partial charge in [0.15, 0.2) is 5.76 Å². The second-order valence-electron chi connectivity index (χ2n) is 5.29. The summed E-state index contributed by atoms with van der Waals surface area (Å²) >= 11 is 0. The van der Waals surface area contributed by atoms with E-state index in [-0.39, 0.29) is 12.5 Å². The van der Waals surface area contributed by atoms with Crippen LogP contribution in [0.1, 0.15) is 16.2 Å². The highest BCUT2D eigenvalue weighted by Gasteiger charge is 2.16. The van der Waals surface area contributed by atoms with Gasteiger partial charge in [-0.3, -0.25) is 15.0 Å². The predicted molar refractivity (Wildman–Crippen MR) is 89.3 cm³/mol. The van der Waals surface area contributed by atoms with Gasteiger partial charge in [0.25, 0.3) is 5.91 Å². The molecular formula is C17H14N6O2. The molecule has 0 aliphatic rings. The van der Waals surface area contributed by atoms with Crippen LogP contribution in [0.2, 0.25) is 0 Å². The number of hydrogen-bond donors (Lipinski definition) is 3. The number of nitrogens with one attached hydrogen (secondary N) is 3. The van der Waals surface area contributed by atoms with Crippen LogP contribution >= 0.6 is 0 Å². The standard InChI is InChI=1S/C17H14N6O2/c24-17(12-9-19-22-15(12)11-5-2-1-3-6-11)18-10-14-20-16(23-21-14)13-7-4-8-25-13/h1-9H,10H2,(H,18,24)(H,19,22)(H,20,21,23). The van der Waals surface area contributed by atoms with Gasteiger partial charge in [-0.15, -0.1) is 5.10 Å². The van der Waals surface area contributed by atoms with Crippen molar-refractivity contribution in [2.24, 2.45) is 0 Å². The Kier molecular flexibility index (Phi) is 3.83. The number of aromatic amines is 2. The molecule has 0 aliphatic heterocycles. The molecule has 0 saturated heterocycles. The Balaban J connectivity index is 1.46. The summed E-state index contributed by atoms with van der Waals surface area (Å²) in [6.45, 7) is 0.214. The molecule has 4 rings (SSSR count). The van der Waals surface area contributed by atoms with Crippen LogP contribution in [-0.2, 0) is 6.54 Å². The number of furan rings is 1. The third-order valence-corrected chi connectivity index (χ3v) is 3.64. The fourth-order valence-corrected chi connectivity index (χ4v) is 2.43. The minimum Gasteiger partial charge on any atom is -0.461 e. The summed E-state index contributed by atoms with van der Waals surface area (Å²) in [5.41, 5.74) is 2.04. The Morgan fingerprint density at radius 1 is 1.12 bits per heavy atom. The van der Waals surface area contributed by atoms with Crippen molar-refractivity contribution in [2.75, 3.05) is 0 Å². The van der Waals surface area contributed by atoms with Gasteiger partial charge in [-0.05, 0) is 12.1 Å². The van der Waals surface area contributed by atoms with Gasteiger partial charge in [0, 0.05) is 5.56 Å². The number of aromatic nitrogens is 5. The Labute approximate surface area is 142 Å². The molecule has 3 heterocycles. The highest BCUT2D eigenvalue weighted by molar-refractivity contribution is 5.99. The van der Waals surface area contributed by atoms with E-state index in [0.717, 1.165) is 5.56 Å². The van der Waals surface area contributed by atoms with E-state index in [1.165, 1.54) is 6.20 Å². The first-order valence-corrected chi connectivity index (χ1v) is 7.63. The van der Waals surface area contributed by atoms with E-state index in [0.29, 0.717) is 28.7 Å². The number of carbonyl (C=O) groups excluding carboxylic acids is 1. The van der Waals surface area contributed by atoms with Crippen molar-refractivity contribution >= 4 is 5.91 Å². The third kappa shape index (κ3) is 3.05. The van der Waals surface area contributed by atoms with Gasteiger partial charge in [-0.2, -0.15) is 5.10 Å². The molecule has 3 N–H and O–H groups in total. The minimum atomic E-state index is -0.247. The number of H-pyrrole nitrogens is 2. The number of benzene rings is 1. The molecule has 4 aromatic rings. The molecule has 1 amide bonds. The van der Waals surface area contributed by atoms with Gasteiger partial charge in [-0.1, -0.05) is 30.3 Å². The maximum Gasteiger partial charge on any atom is 0.255 e. The van der Waals surface area contributed by atoms with E-state index in [1.807, 2.05) is 30.3 Å². The van der Waals surface area contributed by atoms with E-state index in [9.17, 15) is 4.79 Å². The van der Waals surface area contributed by atoms with Crippen molar-refractivity contribution in [1.82, 2.24) is 30.7 Å². The second kappa shape index (κ2) is 6.44. The van der Waals surface area contributed by atoms with Gasteiger partial charge >= 0.3 is 0 Å². The molecule has 0 atom stereocenters. The van der Waals surface area contributed by atoms with Crippen molar-refractivity contribution in [3.8, 4) is 22.8 Å². The van der Waals surface area contributed by atoms with Crippen molar-refractivity contribution in [3.05, 3.63) is 66.3 Å². The Hall–Kier alpha value is -3.68. The fraction of sp³-hybridized carbons (Fsp3) is 0.0588. The molecule has 0 unspecified atom stereocenters. The van der Waals surface area contributed by atoms with Crippen LogP contribution in [0.5, 0.6) is 0 Å². The fourth-order valence-electron chi connectivity index (χ4n) is 2.43. The van der Waals surface area contributed by atoms with Crippen LogP contribution in [-0.4, -0.2) is 31.3 Å². The SMILES string of the molecule is O=C(NCc1nc(-c2ccco2)n[nH]1)c1cn[nH]c1-c1ccccc1. The van der Waals surface area contributed by atoms with Gasteiger partial charge in [0.2, 0.25) is 5.82 Å². The maximum atomic E-state index is 12.5. The first-order valence-electron chi connectivity index (χ1n) is 7.63. The zero-order chi connectivity index (χ0) is 17.1. The van der Waals surface area contributed by atoms with Crippen LogP contribution in [0.3, 0.4) is 0 Å². The lowest BCUT2D eigenvalue weighted by Gasteiger charge is -2.04. The molecular weight excluding hydrogens is 320 g/mol. The zero-order valence-electron chi connectivity index (χ0n) is 13.1. The largest absolute Gasteiger partial charge is 0.461 e. The number of rotatable bonds is 5. The average molecular weight is 334 g/mol. The first-order chi connectivity index (χ1) is 12.3. The summed E-state index contributed by atoms with van der Waals surface area (Å²) < 4.78 is 5.24. The van der Waals surface area contributed by atoms with Crippen LogP contribution in [0.25, 0.3) is 22.8 Å². The number of carbonyl (C=O) groups is 1. The van der Waals surface area contributed by atoms with Gasteiger partial charge in [0.1, 0.15) is 5.82 Å². The number of amides is 1. The Morgan fingerprint density at radius 2 is 2.00 bits per heavy atom. The molecule has 124 valence electrons. The molecule has 8 heteroatoms. The second-order valence-corrected chi connectivity index (χ2v) is 5.29. The average Bonchev–Trinajstić information content (AvgIpc) is 3.41. The van der Waals surface area contributed by atoms with E-state index >= 15 is 0 Å². The molecule has 0 saturated carbocycles. The summed E-state index contributed by atoms with van der Waals surface area (Å²) in [5.74, 6) is 1.30. The van der Waals surface area contributed by atoms with E-state index in [4.69, 9.17) is 4.42 Å². The lowest BCUT2D eigenvalue weighted by Crippen LogP contribution is -2.23. The zero-order valence-corrected chi connectivity index (χ0v) is 13.1. The lowest BCUT2D eigenvalue weighted by molar-refractivity contribution is 0.0950. The van der Waals surface area contributed by atoms with Crippen LogP contribution in [0, 0.1) is 0 Å². The monoisotopic (exact) mass is 334 g/mol.